The summed E-state index contributed by atoms with van der Waals surface area (Å²) in [4.78, 5) is 10.7. The van der Waals surface area contributed by atoms with Gasteiger partial charge in [0.15, 0.2) is 0 Å². The topological polar surface area (TPSA) is 41.0 Å². The van der Waals surface area contributed by atoms with E-state index in [0.717, 1.165) is 31.0 Å². The molecule has 4 nitrogen and oxygen atoms in total. The molecule has 19 heavy (non-hydrogen) atoms. The molecule has 5 heteroatoms. The van der Waals surface area contributed by atoms with Gasteiger partial charge in [-0.15, -0.1) is 0 Å². The number of rotatable bonds is 2. The Morgan fingerprint density at radius 1 is 1.21 bits per heavy atom. The van der Waals surface area contributed by atoms with Crippen LogP contribution in [0.4, 0.5) is 10.2 Å². The highest BCUT2D eigenvalue weighted by molar-refractivity contribution is 5.41. The molecule has 1 aliphatic heterocycles. The third kappa shape index (κ3) is 2.56. The van der Waals surface area contributed by atoms with E-state index in [0.29, 0.717) is 0 Å². The Balaban J connectivity index is 1.91. The minimum Gasteiger partial charge on any atom is -0.346 e. The van der Waals surface area contributed by atoms with Crippen LogP contribution >= 0.6 is 0 Å². The maximum atomic E-state index is 13.0. The van der Waals surface area contributed by atoms with Crippen LogP contribution in [0.15, 0.2) is 42.9 Å². The fourth-order valence-electron chi connectivity index (χ4n) is 2.40. The number of benzene rings is 1. The van der Waals surface area contributed by atoms with Gasteiger partial charge in [0.1, 0.15) is 11.6 Å². The van der Waals surface area contributed by atoms with Crippen molar-refractivity contribution in [1.29, 1.82) is 0 Å². The second kappa shape index (κ2) is 5.32. The van der Waals surface area contributed by atoms with E-state index in [1.54, 1.807) is 18.6 Å². The van der Waals surface area contributed by atoms with Crippen molar-refractivity contribution in [1.82, 2.24) is 15.3 Å². The van der Waals surface area contributed by atoms with Crippen LogP contribution in [0.25, 0.3) is 0 Å². The molecule has 0 bridgehead atoms. The van der Waals surface area contributed by atoms with Gasteiger partial charge in [-0.1, -0.05) is 12.1 Å². The molecule has 1 aromatic heterocycles. The Morgan fingerprint density at radius 2 is 2.05 bits per heavy atom. The normalized spacial score (nSPS) is 19.4. The Kier molecular flexibility index (Phi) is 3.37. The Bertz CT molecular complexity index is 529. The summed E-state index contributed by atoms with van der Waals surface area (Å²) >= 11 is 0. The van der Waals surface area contributed by atoms with Crippen molar-refractivity contribution < 1.29 is 4.39 Å². The second-order valence-electron chi connectivity index (χ2n) is 4.53. The van der Waals surface area contributed by atoms with E-state index >= 15 is 0 Å². The highest BCUT2D eigenvalue weighted by Crippen LogP contribution is 2.26. The van der Waals surface area contributed by atoms with Crippen molar-refractivity contribution in [2.75, 3.05) is 24.5 Å². The molecule has 2 aromatic rings. The van der Waals surface area contributed by atoms with E-state index in [4.69, 9.17) is 0 Å². The summed E-state index contributed by atoms with van der Waals surface area (Å²) in [7, 11) is 0. The maximum absolute atomic E-state index is 13.0. The molecule has 1 fully saturated rings. The van der Waals surface area contributed by atoms with E-state index in [-0.39, 0.29) is 11.9 Å². The monoisotopic (exact) mass is 258 g/mol. The van der Waals surface area contributed by atoms with Crippen LogP contribution in [0.5, 0.6) is 0 Å². The molecule has 0 amide bonds. The average molecular weight is 258 g/mol. The molecule has 1 saturated heterocycles. The Morgan fingerprint density at radius 3 is 2.79 bits per heavy atom. The molecule has 98 valence electrons. The molecule has 0 radical (unpaired) electrons. The van der Waals surface area contributed by atoms with Crippen molar-refractivity contribution >= 4 is 5.82 Å². The summed E-state index contributed by atoms with van der Waals surface area (Å²) < 4.78 is 13.0. The van der Waals surface area contributed by atoms with Crippen LogP contribution in [0.1, 0.15) is 11.6 Å². The smallest absolute Gasteiger partial charge is 0.147 e. The van der Waals surface area contributed by atoms with Gasteiger partial charge in [-0.25, -0.2) is 9.37 Å². The number of anilines is 1. The second-order valence-corrected chi connectivity index (χ2v) is 4.53. The molecular weight excluding hydrogens is 243 g/mol. The van der Waals surface area contributed by atoms with Crippen molar-refractivity contribution in [3.63, 3.8) is 0 Å². The highest BCUT2D eigenvalue weighted by atomic mass is 19.1. The van der Waals surface area contributed by atoms with Crippen molar-refractivity contribution in [2.45, 2.75) is 6.04 Å². The zero-order valence-corrected chi connectivity index (χ0v) is 10.5. The fraction of sp³-hybridized carbons (Fsp3) is 0.286. The van der Waals surface area contributed by atoms with Gasteiger partial charge in [0.2, 0.25) is 0 Å². The minimum absolute atomic E-state index is 0.158. The van der Waals surface area contributed by atoms with Crippen molar-refractivity contribution in [3.05, 3.63) is 54.2 Å². The van der Waals surface area contributed by atoms with Gasteiger partial charge in [-0.2, -0.15) is 0 Å². The lowest BCUT2D eigenvalue weighted by molar-refractivity contribution is 0.485. The summed E-state index contributed by atoms with van der Waals surface area (Å²) in [5, 5.41) is 3.36. The molecule has 2 heterocycles. The van der Waals surface area contributed by atoms with Crippen molar-refractivity contribution in [2.24, 2.45) is 0 Å². The fourth-order valence-corrected chi connectivity index (χ4v) is 2.40. The number of nitrogens with zero attached hydrogens (tertiary/aromatic N) is 3. The number of hydrogen-bond donors (Lipinski definition) is 1. The largest absolute Gasteiger partial charge is 0.346 e. The molecule has 1 N–H and O–H groups in total. The summed E-state index contributed by atoms with van der Waals surface area (Å²) in [6, 6.07) is 6.82. The molecule has 1 aliphatic rings. The van der Waals surface area contributed by atoms with E-state index in [9.17, 15) is 4.39 Å². The van der Waals surface area contributed by atoms with Gasteiger partial charge < -0.3 is 10.2 Å². The van der Waals surface area contributed by atoms with E-state index in [1.807, 2.05) is 12.1 Å². The van der Waals surface area contributed by atoms with Crippen LogP contribution in [0, 0.1) is 5.82 Å². The molecule has 0 saturated carbocycles. The predicted octanol–water partition coefficient (Wildman–Crippen LogP) is 1.77. The summed E-state index contributed by atoms with van der Waals surface area (Å²) in [5.41, 5.74) is 1.08. The third-order valence-corrected chi connectivity index (χ3v) is 3.34. The van der Waals surface area contributed by atoms with E-state index in [2.05, 4.69) is 20.2 Å². The lowest BCUT2D eigenvalue weighted by Crippen LogP contribution is -2.46. The first-order valence-electron chi connectivity index (χ1n) is 6.33. The number of aromatic nitrogens is 2. The highest BCUT2D eigenvalue weighted by Gasteiger charge is 2.24. The first kappa shape index (κ1) is 12.0. The van der Waals surface area contributed by atoms with Crippen LogP contribution in [-0.4, -0.2) is 29.6 Å². The van der Waals surface area contributed by atoms with Gasteiger partial charge in [-0.3, -0.25) is 4.98 Å². The molecule has 1 unspecified atom stereocenters. The van der Waals surface area contributed by atoms with Crippen LogP contribution in [0.3, 0.4) is 0 Å². The molecule has 3 rings (SSSR count). The number of piperazine rings is 1. The first-order chi connectivity index (χ1) is 9.34. The van der Waals surface area contributed by atoms with Gasteiger partial charge >= 0.3 is 0 Å². The summed E-state index contributed by atoms with van der Waals surface area (Å²) in [5.74, 6) is 0.650. The standard InChI is InChI=1S/C14H15FN4/c15-12-3-1-11(2-4-12)13-9-17-7-8-19(13)14-10-16-5-6-18-14/h1-6,10,13,17H,7-9H2. The molecular formula is C14H15FN4. The molecule has 1 atom stereocenters. The zero-order chi connectivity index (χ0) is 13.1. The quantitative estimate of drug-likeness (QED) is 0.891. The average Bonchev–Trinajstić information content (AvgIpc) is 2.49. The molecule has 0 spiro atoms. The van der Waals surface area contributed by atoms with Crippen LogP contribution in [-0.2, 0) is 0 Å². The number of nitrogens with one attached hydrogen (secondary N) is 1. The van der Waals surface area contributed by atoms with Gasteiger partial charge in [0, 0.05) is 32.0 Å². The first-order valence-corrected chi connectivity index (χ1v) is 6.33. The Labute approximate surface area is 111 Å². The van der Waals surface area contributed by atoms with Gasteiger partial charge in [0.25, 0.3) is 0 Å². The summed E-state index contributed by atoms with van der Waals surface area (Å²) in [6.07, 6.45) is 5.12. The summed E-state index contributed by atoms with van der Waals surface area (Å²) in [6.45, 7) is 2.59. The number of hydrogen-bond acceptors (Lipinski definition) is 4. The third-order valence-electron chi connectivity index (χ3n) is 3.34. The van der Waals surface area contributed by atoms with Gasteiger partial charge in [-0.05, 0) is 17.7 Å². The van der Waals surface area contributed by atoms with Gasteiger partial charge in [0.05, 0.1) is 12.2 Å². The number of halogens is 1. The van der Waals surface area contributed by atoms with E-state index in [1.165, 1.54) is 12.1 Å². The maximum Gasteiger partial charge on any atom is 0.147 e. The van der Waals surface area contributed by atoms with Crippen LogP contribution in [0.2, 0.25) is 0 Å². The lowest BCUT2D eigenvalue weighted by Gasteiger charge is -2.37. The predicted molar refractivity (Wildman–Crippen MR) is 71.4 cm³/mol. The SMILES string of the molecule is Fc1ccc(C2CNCCN2c2cnccn2)cc1. The lowest BCUT2D eigenvalue weighted by atomic mass is 10.0. The zero-order valence-electron chi connectivity index (χ0n) is 10.5. The van der Waals surface area contributed by atoms with Crippen LogP contribution < -0.4 is 10.2 Å². The molecule has 0 aliphatic carbocycles. The van der Waals surface area contributed by atoms with Crippen molar-refractivity contribution in [3.8, 4) is 0 Å². The molecule has 1 aromatic carbocycles. The minimum atomic E-state index is -0.210. The van der Waals surface area contributed by atoms with E-state index < -0.39 is 0 Å². The Hall–Kier alpha value is -2.01.